The molecule has 3 N–H and O–H groups in total. The van der Waals surface area contributed by atoms with E-state index >= 15 is 0 Å². The van der Waals surface area contributed by atoms with Crippen molar-refractivity contribution in [3.8, 4) is 0 Å². The van der Waals surface area contributed by atoms with E-state index in [0.29, 0.717) is 18.8 Å². The molecule has 1 saturated heterocycles. The number of carbonyl (C=O) groups is 1. The zero-order valence-corrected chi connectivity index (χ0v) is 17.1. The zero-order chi connectivity index (χ0) is 21.0. The summed E-state index contributed by atoms with van der Waals surface area (Å²) in [6, 6.07) is 11.7. The molecular weight excluding hydrogens is 382 g/mol. The molecule has 158 valence electrons. The quantitative estimate of drug-likeness (QED) is 0.551. The average Bonchev–Trinajstić information content (AvgIpc) is 3.15. The van der Waals surface area contributed by atoms with Crippen molar-refractivity contribution in [2.45, 2.75) is 32.0 Å². The molecular formula is C22H27N5O3. The van der Waals surface area contributed by atoms with Crippen molar-refractivity contribution in [2.24, 2.45) is 0 Å². The van der Waals surface area contributed by atoms with Crippen LogP contribution in [0, 0.1) is 6.92 Å². The molecule has 1 aromatic carbocycles. The van der Waals surface area contributed by atoms with Crippen LogP contribution in [0.2, 0.25) is 0 Å². The molecule has 3 heterocycles. The maximum Gasteiger partial charge on any atom is 0.246 e. The highest BCUT2D eigenvalue weighted by Gasteiger charge is 2.34. The van der Waals surface area contributed by atoms with E-state index in [2.05, 4.69) is 25.2 Å². The van der Waals surface area contributed by atoms with Gasteiger partial charge in [0.15, 0.2) is 0 Å². The first kappa shape index (κ1) is 20.3. The summed E-state index contributed by atoms with van der Waals surface area (Å²) in [5, 5.41) is 13.7. The van der Waals surface area contributed by atoms with Gasteiger partial charge < -0.3 is 25.0 Å². The minimum Gasteiger partial charge on any atom is -0.386 e. The number of benzene rings is 1. The van der Waals surface area contributed by atoms with Crippen molar-refractivity contribution < 1.29 is 14.6 Å². The Labute approximate surface area is 175 Å². The van der Waals surface area contributed by atoms with E-state index < -0.39 is 5.60 Å². The van der Waals surface area contributed by atoms with Crippen molar-refractivity contribution in [1.29, 1.82) is 0 Å². The number of hydrogen-bond acceptors (Lipinski definition) is 6. The van der Waals surface area contributed by atoms with Gasteiger partial charge in [0.25, 0.3) is 0 Å². The van der Waals surface area contributed by atoms with Crippen LogP contribution in [0.15, 0.2) is 42.6 Å². The Balaban J connectivity index is 1.23. The van der Waals surface area contributed by atoms with Gasteiger partial charge in [0, 0.05) is 25.8 Å². The van der Waals surface area contributed by atoms with Gasteiger partial charge >= 0.3 is 0 Å². The van der Waals surface area contributed by atoms with Crippen LogP contribution in [0.5, 0.6) is 0 Å². The number of imidazole rings is 1. The second-order valence-electron chi connectivity index (χ2n) is 7.91. The lowest BCUT2D eigenvalue weighted by molar-refractivity contribution is -0.127. The highest BCUT2D eigenvalue weighted by Crippen LogP contribution is 2.24. The molecule has 4 rings (SSSR count). The first-order valence-electron chi connectivity index (χ1n) is 10.2. The number of β-amino-alcohol motifs (C(OH)–C–C–N with tert-alkyl or cyclic N) is 1. The summed E-state index contributed by atoms with van der Waals surface area (Å²) in [6.45, 7) is 3.62. The number of H-pyrrole nitrogens is 1. The number of aromatic amines is 1. The lowest BCUT2D eigenvalue weighted by Crippen LogP contribution is -2.54. The molecule has 0 aliphatic carbocycles. The van der Waals surface area contributed by atoms with Crippen LogP contribution in [-0.2, 0) is 16.1 Å². The standard InChI is InChI=1S/C22H27N5O3/c1-16-6-7-17-18(11-16)26-19(25-17)12-30-13-21(28)24-14-22(29)8-4-10-27(15-22)20-5-2-3-9-23-20/h2-3,5-7,9,11,29H,4,8,10,12-15H2,1H3,(H,24,28)(H,25,26). The van der Waals surface area contributed by atoms with Crippen LogP contribution in [0.25, 0.3) is 11.0 Å². The van der Waals surface area contributed by atoms with Crippen LogP contribution in [-0.4, -0.2) is 57.8 Å². The van der Waals surface area contributed by atoms with Gasteiger partial charge in [0.1, 0.15) is 24.9 Å². The van der Waals surface area contributed by atoms with Crippen LogP contribution in [0.1, 0.15) is 24.2 Å². The van der Waals surface area contributed by atoms with Crippen LogP contribution in [0.3, 0.4) is 0 Å². The number of aliphatic hydroxyl groups is 1. The molecule has 8 nitrogen and oxygen atoms in total. The summed E-state index contributed by atoms with van der Waals surface area (Å²) in [5.74, 6) is 1.26. The Morgan fingerprint density at radius 2 is 2.27 bits per heavy atom. The van der Waals surface area contributed by atoms with Gasteiger partial charge in [-0.05, 0) is 49.6 Å². The molecule has 1 amide bonds. The predicted molar refractivity (Wildman–Crippen MR) is 114 cm³/mol. The Kier molecular flexibility index (Phi) is 5.96. The van der Waals surface area contributed by atoms with Crippen LogP contribution < -0.4 is 10.2 Å². The zero-order valence-electron chi connectivity index (χ0n) is 17.1. The number of pyridine rings is 1. The molecule has 1 atom stereocenters. The van der Waals surface area contributed by atoms with E-state index in [1.807, 2.05) is 43.3 Å². The first-order valence-corrected chi connectivity index (χ1v) is 10.2. The molecule has 1 unspecified atom stereocenters. The number of fused-ring (bicyclic) bond motifs is 1. The molecule has 1 aliphatic rings. The number of rotatable bonds is 7. The first-order chi connectivity index (χ1) is 14.5. The van der Waals surface area contributed by atoms with E-state index in [9.17, 15) is 9.90 Å². The van der Waals surface area contributed by atoms with Crippen LogP contribution >= 0.6 is 0 Å². The van der Waals surface area contributed by atoms with E-state index in [-0.39, 0.29) is 25.7 Å². The molecule has 8 heteroatoms. The highest BCUT2D eigenvalue weighted by atomic mass is 16.5. The van der Waals surface area contributed by atoms with Gasteiger partial charge in [-0.15, -0.1) is 0 Å². The lowest BCUT2D eigenvalue weighted by atomic mass is 9.92. The third-order valence-corrected chi connectivity index (χ3v) is 5.30. The summed E-state index contributed by atoms with van der Waals surface area (Å²) in [6.07, 6.45) is 3.21. The maximum atomic E-state index is 12.2. The second kappa shape index (κ2) is 8.81. The van der Waals surface area contributed by atoms with E-state index in [4.69, 9.17) is 4.74 Å². The Bertz CT molecular complexity index is 1010. The smallest absolute Gasteiger partial charge is 0.246 e. The van der Waals surface area contributed by atoms with Crippen molar-refractivity contribution in [2.75, 3.05) is 31.1 Å². The minimum atomic E-state index is -0.984. The van der Waals surface area contributed by atoms with Gasteiger partial charge in [-0.25, -0.2) is 9.97 Å². The topological polar surface area (TPSA) is 103 Å². The largest absolute Gasteiger partial charge is 0.386 e. The number of amides is 1. The van der Waals surface area contributed by atoms with Gasteiger partial charge in [-0.3, -0.25) is 4.79 Å². The van der Waals surface area contributed by atoms with Crippen molar-refractivity contribution in [1.82, 2.24) is 20.3 Å². The number of anilines is 1. The van der Waals surface area contributed by atoms with Gasteiger partial charge in [-0.1, -0.05) is 12.1 Å². The summed E-state index contributed by atoms with van der Waals surface area (Å²) < 4.78 is 5.50. The fourth-order valence-corrected chi connectivity index (χ4v) is 3.79. The minimum absolute atomic E-state index is 0.0872. The number of carbonyl (C=O) groups excluding carboxylic acids is 1. The van der Waals surface area contributed by atoms with Gasteiger partial charge in [-0.2, -0.15) is 0 Å². The molecule has 0 saturated carbocycles. The lowest BCUT2D eigenvalue weighted by Gasteiger charge is -2.39. The SMILES string of the molecule is Cc1ccc2nc(COCC(=O)NCC3(O)CCCN(c4ccccn4)C3)[nH]c2c1. The molecule has 0 bridgehead atoms. The molecule has 0 radical (unpaired) electrons. The third kappa shape index (κ3) is 4.95. The van der Waals surface area contributed by atoms with Gasteiger partial charge in [0.05, 0.1) is 16.6 Å². The summed E-state index contributed by atoms with van der Waals surface area (Å²) in [5.41, 5.74) is 2.00. The summed E-state index contributed by atoms with van der Waals surface area (Å²) in [7, 11) is 0. The van der Waals surface area contributed by atoms with E-state index in [1.165, 1.54) is 0 Å². The number of nitrogens with zero attached hydrogens (tertiary/aromatic N) is 3. The molecule has 0 spiro atoms. The fourth-order valence-electron chi connectivity index (χ4n) is 3.79. The molecule has 3 aromatic rings. The van der Waals surface area contributed by atoms with Crippen molar-refractivity contribution >= 4 is 22.8 Å². The number of nitrogens with one attached hydrogen (secondary N) is 2. The molecule has 2 aromatic heterocycles. The fraction of sp³-hybridized carbons (Fsp3) is 0.409. The van der Waals surface area contributed by atoms with E-state index in [0.717, 1.165) is 35.4 Å². The normalized spacial score (nSPS) is 19.2. The maximum absolute atomic E-state index is 12.2. The van der Waals surface area contributed by atoms with Crippen molar-refractivity contribution in [3.05, 3.63) is 54.0 Å². The molecule has 30 heavy (non-hydrogen) atoms. The average molecular weight is 409 g/mol. The third-order valence-electron chi connectivity index (χ3n) is 5.30. The molecule has 1 aliphatic heterocycles. The Hall–Kier alpha value is -2.97. The number of aryl methyl sites for hydroxylation is 1. The predicted octanol–water partition coefficient (Wildman–Crippen LogP) is 1.93. The monoisotopic (exact) mass is 409 g/mol. The molecule has 1 fully saturated rings. The number of ether oxygens (including phenoxy) is 1. The van der Waals surface area contributed by atoms with Crippen molar-refractivity contribution in [3.63, 3.8) is 0 Å². The Morgan fingerprint density at radius 3 is 3.10 bits per heavy atom. The summed E-state index contributed by atoms with van der Waals surface area (Å²) >= 11 is 0. The number of aromatic nitrogens is 3. The van der Waals surface area contributed by atoms with Gasteiger partial charge in [0.2, 0.25) is 5.91 Å². The summed E-state index contributed by atoms with van der Waals surface area (Å²) in [4.78, 5) is 26.2. The van der Waals surface area contributed by atoms with E-state index in [1.54, 1.807) is 6.20 Å². The number of hydrogen-bond donors (Lipinski definition) is 3. The van der Waals surface area contributed by atoms with Crippen LogP contribution in [0.4, 0.5) is 5.82 Å². The highest BCUT2D eigenvalue weighted by molar-refractivity contribution is 5.77. The second-order valence-corrected chi connectivity index (χ2v) is 7.91. The Morgan fingerprint density at radius 1 is 1.37 bits per heavy atom. The number of piperidine rings is 1.